The van der Waals surface area contributed by atoms with Crippen molar-refractivity contribution in [1.29, 1.82) is 0 Å². The van der Waals surface area contributed by atoms with E-state index >= 15 is 0 Å². The molecule has 0 spiro atoms. The van der Waals surface area contributed by atoms with E-state index in [0.717, 1.165) is 12.5 Å². The van der Waals surface area contributed by atoms with Gasteiger partial charge in [-0.25, -0.2) is 9.97 Å². The Morgan fingerprint density at radius 3 is 2.93 bits per heavy atom. The molecular formula is C9H13FN4. The molecule has 0 aliphatic heterocycles. The lowest BCUT2D eigenvalue weighted by Gasteiger charge is -2.18. The fourth-order valence-electron chi connectivity index (χ4n) is 1.44. The summed E-state index contributed by atoms with van der Waals surface area (Å²) in [4.78, 5) is 9.24. The molecule has 1 heterocycles. The summed E-state index contributed by atoms with van der Waals surface area (Å²) in [5.74, 6) is 0.569. The predicted octanol–water partition coefficient (Wildman–Crippen LogP) is 1.04. The third kappa shape index (κ3) is 1.76. The van der Waals surface area contributed by atoms with Crippen LogP contribution in [0.5, 0.6) is 0 Å². The van der Waals surface area contributed by atoms with Crippen LogP contribution >= 0.6 is 0 Å². The average Bonchev–Trinajstić information content (AvgIpc) is 2.93. The van der Waals surface area contributed by atoms with Crippen LogP contribution < -0.4 is 10.6 Å². The van der Waals surface area contributed by atoms with Crippen LogP contribution in [0.25, 0.3) is 0 Å². The summed E-state index contributed by atoms with van der Waals surface area (Å²) in [5.41, 5.74) is 5.58. The molecule has 0 unspecified atom stereocenters. The Morgan fingerprint density at radius 2 is 2.29 bits per heavy atom. The first kappa shape index (κ1) is 9.18. The highest BCUT2D eigenvalue weighted by molar-refractivity contribution is 5.61. The van der Waals surface area contributed by atoms with Crippen molar-refractivity contribution in [3.05, 3.63) is 12.3 Å². The summed E-state index contributed by atoms with van der Waals surface area (Å²) in [6.45, 7) is 0.890. The van der Waals surface area contributed by atoms with E-state index in [2.05, 4.69) is 9.97 Å². The molecule has 0 amide bonds. The molecule has 1 aliphatic carbocycles. The number of rotatable bonds is 3. The highest BCUT2D eigenvalue weighted by Crippen LogP contribution is 2.31. The fourth-order valence-corrected chi connectivity index (χ4v) is 1.44. The Morgan fingerprint density at radius 1 is 1.57 bits per heavy atom. The van der Waals surface area contributed by atoms with Crippen LogP contribution in [-0.4, -0.2) is 23.6 Å². The van der Waals surface area contributed by atoms with Gasteiger partial charge >= 0.3 is 0 Å². The molecule has 2 rings (SSSR count). The van der Waals surface area contributed by atoms with E-state index in [1.165, 1.54) is 19.2 Å². The lowest BCUT2D eigenvalue weighted by molar-refractivity contribution is 0.583. The second-order valence-corrected chi connectivity index (χ2v) is 3.73. The molecule has 1 saturated carbocycles. The van der Waals surface area contributed by atoms with Crippen LogP contribution in [0.15, 0.2) is 6.33 Å². The number of nitrogens with two attached hydrogens (primary N) is 1. The lowest BCUT2D eigenvalue weighted by Crippen LogP contribution is -2.23. The molecule has 14 heavy (non-hydrogen) atoms. The van der Waals surface area contributed by atoms with E-state index in [1.54, 1.807) is 0 Å². The first-order valence-corrected chi connectivity index (χ1v) is 4.65. The smallest absolute Gasteiger partial charge is 0.241 e. The third-order valence-corrected chi connectivity index (χ3v) is 2.40. The minimum Gasteiger partial charge on any atom is -0.392 e. The molecule has 0 atom stereocenters. The Labute approximate surface area is 82.0 Å². The summed E-state index contributed by atoms with van der Waals surface area (Å²) >= 11 is 0. The first-order valence-electron chi connectivity index (χ1n) is 4.65. The number of nitrogens with zero attached hydrogens (tertiary/aromatic N) is 3. The van der Waals surface area contributed by atoms with E-state index in [9.17, 15) is 4.39 Å². The van der Waals surface area contributed by atoms with Gasteiger partial charge in [-0.3, -0.25) is 0 Å². The van der Waals surface area contributed by atoms with Crippen LogP contribution in [0.1, 0.15) is 12.8 Å². The molecule has 0 aromatic carbocycles. The largest absolute Gasteiger partial charge is 0.392 e. The van der Waals surface area contributed by atoms with Crippen molar-refractivity contribution < 1.29 is 4.39 Å². The molecule has 1 aromatic rings. The van der Waals surface area contributed by atoms with E-state index in [1.807, 2.05) is 11.9 Å². The molecule has 0 bridgehead atoms. The molecule has 4 nitrogen and oxygen atoms in total. The van der Waals surface area contributed by atoms with Gasteiger partial charge in [-0.05, 0) is 18.8 Å². The second-order valence-electron chi connectivity index (χ2n) is 3.73. The van der Waals surface area contributed by atoms with Gasteiger partial charge in [0, 0.05) is 13.6 Å². The maximum Gasteiger partial charge on any atom is 0.241 e. The van der Waals surface area contributed by atoms with E-state index in [-0.39, 0.29) is 5.69 Å². The van der Waals surface area contributed by atoms with Gasteiger partial charge < -0.3 is 10.6 Å². The van der Waals surface area contributed by atoms with Crippen LogP contribution in [0.3, 0.4) is 0 Å². The Hall–Kier alpha value is -1.39. The van der Waals surface area contributed by atoms with Crippen molar-refractivity contribution in [1.82, 2.24) is 9.97 Å². The molecule has 2 N–H and O–H groups in total. The van der Waals surface area contributed by atoms with Gasteiger partial charge in [-0.2, -0.15) is 4.39 Å². The summed E-state index contributed by atoms with van der Waals surface area (Å²) in [5, 5.41) is 0. The number of halogens is 1. The summed E-state index contributed by atoms with van der Waals surface area (Å²) < 4.78 is 13.0. The number of hydrogen-bond donors (Lipinski definition) is 1. The average molecular weight is 196 g/mol. The highest BCUT2D eigenvalue weighted by atomic mass is 19.1. The zero-order valence-corrected chi connectivity index (χ0v) is 8.07. The summed E-state index contributed by atoms with van der Waals surface area (Å²) in [7, 11) is 1.87. The first-order chi connectivity index (χ1) is 6.68. The summed E-state index contributed by atoms with van der Waals surface area (Å²) in [6.07, 6.45) is 3.69. The van der Waals surface area contributed by atoms with Gasteiger partial charge in [-0.15, -0.1) is 0 Å². The van der Waals surface area contributed by atoms with Crippen molar-refractivity contribution in [3.63, 3.8) is 0 Å². The number of anilines is 2. The number of aromatic nitrogens is 2. The lowest BCUT2D eigenvalue weighted by atomic mass is 10.3. The molecule has 0 saturated heterocycles. The maximum atomic E-state index is 13.0. The maximum absolute atomic E-state index is 13.0. The van der Waals surface area contributed by atoms with Gasteiger partial charge in [-0.1, -0.05) is 0 Å². The SMILES string of the molecule is CN(CC1CC1)c1ncnc(F)c1N. The van der Waals surface area contributed by atoms with Crippen LogP contribution in [0.4, 0.5) is 15.9 Å². The van der Waals surface area contributed by atoms with Crippen molar-refractivity contribution in [2.75, 3.05) is 24.2 Å². The normalized spacial score (nSPS) is 15.6. The molecular weight excluding hydrogens is 183 g/mol. The number of hydrogen-bond acceptors (Lipinski definition) is 4. The molecule has 5 heteroatoms. The van der Waals surface area contributed by atoms with E-state index < -0.39 is 5.95 Å². The molecule has 0 radical (unpaired) electrons. The van der Waals surface area contributed by atoms with Gasteiger partial charge in [0.2, 0.25) is 5.95 Å². The highest BCUT2D eigenvalue weighted by Gasteiger charge is 2.24. The second kappa shape index (κ2) is 3.40. The van der Waals surface area contributed by atoms with E-state index in [0.29, 0.717) is 5.82 Å². The Kier molecular flexibility index (Phi) is 2.23. The predicted molar refractivity (Wildman–Crippen MR) is 52.4 cm³/mol. The van der Waals surface area contributed by atoms with Gasteiger partial charge in [0.1, 0.15) is 12.0 Å². The zero-order valence-electron chi connectivity index (χ0n) is 8.07. The number of nitrogen functional groups attached to an aromatic ring is 1. The quantitative estimate of drug-likeness (QED) is 0.734. The van der Waals surface area contributed by atoms with E-state index in [4.69, 9.17) is 5.73 Å². The molecule has 1 fully saturated rings. The molecule has 76 valence electrons. The van der Waals surface area contributed by atoms with Gasteiger partial charge in [0.15, 0.2) is 5.82 Å². The van der Waals surface area contributed by atoms with Gasteiger partial charge in [0.25, 0.3) is 0 Å². The van der Waals surface area contributed by atoms with Crippen LogP contribution in [0, 0.1) is 11.9 Å². The third-order valence-electron chi connectivity index (χ3n) is 2.40. The minimum absolute atomic E-state index is 0.0376. The van der Waals surface area contributed by atoms with Crippen LogP contribution in [-0.2, 0) is 0 Å². The standard InChI is InChI=1S/C9H13FN4/c1-14(4-6-2-3-6)9-7(11)8(10)12-5-13-9/h5-6H,2-4,11H2,1H3. The minimum atomic E-state index is -0.641. The molecule has 1 aliphatic rings. The summed E-state index contributed by atoms with van der Waals surface area (Å²) in [6, 6.07) is 0. The topological polar surface area (TPSA) is 55.0 Å². The zero-order chi connectivity index (χ0) is 10.1. The van der Waals surface area contributed by atoms with Crippen molar-refractivity contribution in [3.8, 4) is 0 Å². The van der Waals surface area contributed by atoms with Gasteiger partial charge in [0.05, 0.1) is 0 Å². The van der Waals surface area contributed by atoms with Crippen molar-refractivity contribution in [2.45, 2.75) is 12.8 Å². The van der Waals surface area contributed by atoms with Crippen molar-refractivity contribution in [2.24, 2.45) is 5.92 Å². The Balaban J connectivity index is 2.16. The van der Waals surface area contributed by atoms with Crippen LogP contribution in [0.2, 0.25) is 0 Å². The monoisotopic (exact) mass is 196 g/mol. The molecule has 1 aromatic heterocycles. The van der Waals surface area contributed by atoms with Crippen molar-refractivity contribution >= 4 is 11.5 Å². The Bertz CT molecular complexity index is 338. The fraction of sp³-hybridized carbons (Fsp3) is 0.556.